The number of aliphatic hydroxyl groups is 1. The van der Waals surface area contributed by atoms with Crippen LogP contribution in [0.5, 0.6) is 0 Å². The van der Waals surface area contributed by atoms with Gasteiger partial charge in [-0.05, 0) is 57.8 Å². The van der Waals surface area contributed by atoms with Gasteiger partial charge in [-0.3, -0.25) is 18.7 Å². The molecular formula is C28H54N2O15P2. The zero-order valence-corrected chi connectivity index (χ0v) is 30.1. The zero-order valence-electron chi connectivity index (χ0n) is 28.4. The quantitative estimate of drug-likeness (QED) is 0.0388. The molecule has 19 heteroatoms. The van der Waals surface area contributed by atoms with Gasteiger partial charge in [-0.15, -0.1) is 0 Å². The van der Waals surface area contributed by atoms with Crippen LogP contribution in [0.25, 0.3) is 0 Å². The summed E-state index contributed by atoms with van der Waals surface area (Å²) in [5, 5.41) is 11.0. The van der Waals surface area contributed by atoms with E-state index in [4.69, 9.17) is 38.5 Å². The largest absolute Gasteiger partial charge is 0.461 e. The van der Waals surface area contributed by atoms with Crippen molar-refractivity contribution >= 4 is 39.3 Å². The fraction of sp³-hybridized carbons (Fsp3) is 0.857. The summed E-state index contributed by atoms with van der Waals surface area (Å²) in [7, 11) is -11.1. The Labute approximate surface area is 276 Å². The minimum atomic E-state index is -5.57. The summed E-state index contributed by atoms with van der Waals surface area (Å²) >= 11 is 0. The van der Waals surface area contributed by atoms with E-state index in [9.17, 15) is 33.4 Å². The molecule has 17 nitrogen and oxygen atoms in total. The number of unbranched alkanes of at least 4 members (excludes halogenated alkanes) is 2. The van der Waals surface area contributed by atoms with Crippen molar-refractivity contribution in [2.75, 3.05) is 32.9 Å². The van der Waals surface area contributed by atoms with Gasteiger partial charge in [0.1, 0.15) is 13.2 Å². The van der Waals surface area contributed by atoms with Crippen molar-refractivity contribution in [3.05, 3.63) is 0 Å². The number of alkyl carbamates (subject to hydrolysis) is 2. The third-order valence-electron chi connectivity index (χ3n) is 6.84. The van der Waals surface area contributed by atoms with Crippen molar-refractivity contribution in [3.8, 4) is 0 Å². The fourth-order valence-electron chi connectivity index (χ4n) is 4.32. The lowest BCUT2D eigenvalue weighted by Crippen LogP contribution is -2.39. The first-order chi connectivity index (χ1) is 21.4. The van der Waals surface area contributed by atoms with Gasteiger partial charge in [-0.25, -0.2) is 9.59 Å². The Morgan fingerprint density at radius 3 is 1.79 bits per heavy atom. The van der Waals surface area contributed by atoms with E-state index in [1.165, 1.54) is 0 Å². The smallest absolute Gasteiger partial charge is 0.407 e. The molecule has 0 saturated carbocycles. The highest BCUT2D eigenvalue weighted by Crippen LogP contribution is 2.69. The molecule has 2 atom stereocenters. The second kappa shape index (κ2) is 19.7. The van der Waals surface area contributed by atoms with Crippen molar-refractivity contribution in [2.24, 2.45) is 16.7 Å². The molecular weight excluding hydrogens is 666 g/mol. The van der Waals surface area contributed by atoms with Crippen molar-refractivity contribution in [2.45, 2.75) is 105 Å². The molecule has 0 saturated heterocycles. The molecule has 0 aromatic rings. The molecule has 0 aromatic heterocycles. The van der Waals surface area contributed by atoms with E-state index >= 15 is 0 Å². The van der Waals surface area contributed by atoms with Gasteiger partial charge < -0.3 is 54.3 Å². The van der Waals surface area contributed by atoms with Gasteiger partial charge in [0.2, 0.25) is 0 Å². The summed E-state index contributed by atoms with van der Waals surface area (Å²) in [6.45, 7) is 12.4. The maximum atomic E-state index is 12.9. The first kappa shape index (κ1) is 44.7. The molecule has 0 aliphatic rings. The molecule has 0 spiro atoms. The molecule has 0 aliphatic carbocycles. The molecule has 0 aliphatic heterocycles. The van der Waals surface area contributed by atoms with Gasteiger partial charge in [-0.1, -0.05) is 34.6 Å². The number of esters is 2. The van der Waals surface area contributed by atoms with Gasteiger partial charge in [-0.2, -0.15) is 0 Å². The number of hydrogen-bond acceptors (Lipinski definition) is 11. The molecule has 0 fully saturated rings. The summed E-state index contributed by atoms with van der Waals surface area (Å²) in [4.78, 5) is 85.5. The average Bonchev–Trinajstić information content (AvgIpc) is 2.92. The Hall–Kier alpha value is -2.26. The molecule has 2 unspecified atom stereocenters. The van der Waals surface area contributed by atoms with Gasteiger partial charge >= 0.3 is 39.3 Å². The van der Waals surface area contributed by atoms with E-state index in [2.05, 4.69) is 10.6 Å². The number of amides is 2. The Morgan fingerprint density at radius 1 is 0.766 bits per heavy atom. The second-order valence-corrected chi connectivity index (χ2v) is 17.2. The SMILES string of the molecule is CCC(C)C(=O)OCC(COC(=O)NCCCCCOC(=O)NCCCC(O)(P(=O)(O)O)P(=O)(O)O)OC(=O)C(C)(C)CC(C)(C)C. The van der Waals surface area contributed by atoms with Crippen LogP contribution in [0.3, 0.4) is 0 Å². The number of hydrogen-bond donors (Lipinski definition) is 7. The summed E-state index contributed by atoms with van der Waals surface area (Å²) in [6, 6.07) is 0. The van der Waals surface area contributed by atoms with Crippen LogP contribution in [0.15, 0.2) is 0 Å². The predicted octanol–water partition coefficient (Wildman–Crippen LogP) is 3.35. The minimum Gasteiger partial charge on any atom is -0.461 e. The van der Waals surface area contributed by atoms with E-state index in [-0.39, 0.29) is 50.7 Å². The van der Waals surface area contributed by atoms with E-state index in [1.54, 1.807) is 20.8 Å². The molecule has 0 bridgehead atoms. The number of carbonyl (C=O) groups is 4. The summed E-state index contributed by atoms with van der Waals surface area (Å²) in [5.41, 5.74) is -0.986. The third kappa shape index (κ3) is 17.6. The third-order valence-corrected chi connectivity index (χ3v) is 10.7. The van der Waals surface area contributed by atoms with Gasteiger partial charge in [0.25, 0.3) is 5.08 Å². The van der Waals surface area contributed by atoms with Gasteiger partial charge in [0.05, 0.1) is 17.9 Å². The van der Waals surface area contributed by atoms with Crippen molar-refractivity contribution in [1.82, 2.24) is 10.6 Å². The van der Waals surface area contributed by atoms with Crippen LogP contribution in [-0.2, 0) is 37.7 Å². The molecule has 276 valence electrons. The highest BCUT2D eigenvalue weighted by atomic mass is 31.2. The minimum absolute atomic E-state index is 0.000834. The topological polar surface area (TPSA) is 265 Å². The monoisotopic (exact) mass is 720 g/mol. The van der Waals surface area contributed by atoms with Crippen LogP contribution in [-0.4, -0.2) is 92.9 Å². The van der Waals surface area contributed by atoms with Crippen LogP contribution >= 0.6 is 15.2 Å². The van der Waals surface area contributed by atoms with Gasteiger partial charge in [0.15, 0.2) is 6.10 Å². The van der Waals surface area contributed by atoms with Crippen molar-refractivity contribution < 1.29 is 71.9 Å². The molecule has 2 amide bonds. The van der Waals surface area contributed by atoms with Crippen LogP contribution in [0.2, 0.25) is 0 Å². The van der Waals surface area contributed by atoms with Crippen LogP contribution in [0.4, 0.5) is 9.59 Å². The number of nitrogens with one attached hydrogen (secondary N) is 2. The van der Waals surface area contributed by atoms with Crippen LogP contribution < -0.4 is 10.6 Å². The maximum absolute atomic E-state index is 12.9. The van der Waals surface area contributed by atoms with E-state index in [0.717, 1.165) is 0 Å². The summed E-state index contributed by atoms with van der Waals surface area (Å²) in [6.07, 6.45) is -1.42. The van der Waals surface area contributed by atoms with E-state index in [1.807, 2.05) is 27.7 Å². The molecule has 0 rings (SSSR count). The predicted molar refractivity (Wildman–Crippen MR) is 169 cm³/mol. The molecule has 0 heterocycles. The normalized spacial score (nSPS) is 14.0. The highest BCUT2D eigenvalue weighted by Gasteiger charge is 2.58. The maximum Gasteiger partial charge on any atom is 0.407 e. The Kier molecular flexibility index (Phi) is 18.7. The number of ether oxygens (including phenoxy) is 4. The molecule has 7 N–H and O–H groups in total. The first-order valence-electron chi connectivity index (χ1n) is 15.4. The highest BCUT2D eigenvalue weighted by molar-refractivity contribution is 7.72. The van der Waals surface area contributed by atoms with Crippen LogP contribution in [0, 0.1) is 16.7 Å². The van der Waals surface area contributed by atoms with E-state index < -0.39 is 62.3 Å². The van der Waals surface area contributed by atoms with Crippen molar-refractivity contribution in [1.29, 1.82) is 0 Å². The molecule has 0 radical (unpaired) electrons. The fourth-order valence-corrected chi connectivity index (χ4v) is 6.57. The Balaban J connectivity index is 4.53. The number of carbonyl (C=O) groups excluding carboxylic acids is 4. The first-order valence-corrected chi connectivity index (χ1v) is 18.6. The van der Waals surface area contributed by atoms with Crippen molar-refractivity contribution in [3.63, 3.8) is 0 Å². The zero-order chi connectivity index (χ0) is 36.7. The summed E-state index contributed by atoms with van der Waals surface area (Å²) in [5.74, 6) is -1.31. The number of rotatable bonds is 21. The average molecular weight is 721 g/mol. The van der Waals surface area contributed by atoms with Crippen LogP contribution in [0.1, 0.15) is 93.4 Å². The van der Waals surface area contributed by atoms with E-state index in [0.29, 0.717) is 32.1 Å². The summed E-state index contributed by atoms with van der Waals surface area (Å²) < 4.78 is 43.7. The lowest BCUT2D eigenvalue weighted by molar-refractivity contribution is -0.171. The Morgan fingerprint density at radius 2 is 1.28 bits per heavy atom. The molecule has 0 aromatic carbocycles. The lowest BCUT2D eigenvalue weighted by Gasteiger charge is -2.31. The molecule has 47 heavy (non-hydrogen) atoms. The second-order valence-electron chi connectivity index (χ2n) is 13.2. The standard InChI is InChI=1S/C28H54N2O15P2/c1-8-20(2)22(31)43-17-21(45-23(32)27(6,7)19-26(3,4)5)18-44-25(34)29-14-10-9-11-16-42-24(33)30-15-12-13-28(35,46(36,37)38)47(39,40)41/h20-21,35H,8-19H2,1-7H3,(H,29,34)(H,30,33)(H2,36,37,38)(H2,39,40,41). The lowest BCUT2D eigenvalue weighted by atomic mass is 9.76. The Bertz CT molecular complexity index is 1090. The van der Waals surface area contributed by atoms with Gasteiger partial charge in [0, 0.05) is 19.5 Å².